The lowest BCUT2D eigenvalue weighted by Gasteiger charge is -2.32. The van der Waals surface area contributed by atoms with Gasteiger partial charge in [-0.25, -0.2) is 4.39 Å². The normalized spacial score (nSPS) is 17.1. The van der Waals surface area contributed by atoms with Crippen LogP contribution < -0.4 is 11.1 Å². The Morgan fingerprint density at radius 3 is 2.76 bits per heavy atom. The minimum atomic E-state index is -0.464. The van der Waals surface area contributed by atoms with Crippen LogP contribution in [0.3, 0.4) is 0 Å². The van der Waals surface area contributed by atoms with Crippen molar-refractivity contribution in [3.8, 4) is 0 Å². The Morgan fingerprint density at radius 2 is 2.14 bits per heavy atom. The first kappa shape index (κ1) is 15.8. The van der Waals surface area contributed by atoms with E-state index in [1.807, 2.05) is 6.92 Å². The summed E-state index contributed by atoms with van der Waals surface area (Å²) in [4.78, 5) is 14.6. The van der Waals surface area contributed by atoms with Crippen LogP contribution in [-0.4, -0.2) is 29.4 Å². The average Bonchev–Trinajstić information content (AvgIpc) is 2.97. The largest absolute Gasteiger partial charge is 0.399 e. The summed E-state index contributed by atoms with van der Waals surface area (Å²) in [6, 6.07) is 4.38. The number of carbonyl (C=O) groups excluding carboxylic acids is 1. The van der Waals surface area contributed by atoms with E-state index >= 15 is 0 Å². The number of nitrogens with one attached hydrogen (secondary N) is 1. The third-order valence-electron chi connectivity index (χ3n) is 4.28. The van der Waals surface area contributed by atoms with Crippen LogP contribution >= 0.6 is 0 Å². The number of nitrogens with zero attached hydrogens (tertiary/aromatic N) is 1. The first-order valence-corrected chi connectivity index (χ1v) is 7.64. The fourth-order valence-corrected chi connectivity index (χ4v) is 3.11. The number of anilines is 2. The summed E-state index contributed by atoms with van der Waals surface area (Å²) in [5, 5.41) is 2.65. The van der Waals surface area contributed by atoms with Gasteiger partial charge in [0.15, 0.2) is 0 Å². The quantitative estimate of drug-likeness (QED) is 0.821. The average molecular weight is 293 g/mol. The van der Waals surface area contributed by atoms with Gasteiger partial charge in [-0.15, -0.1) is 0 Å². The number of nitrogen functional groups attached to an aromatic ring is 1. The molecule has 0 bridgehead atoms. The Morgan fingerprint density at radius 1 is 1.48 bits per heavy atom. The molecule has 0 aliphatic heterocycles. The van der Waals surface area contributed by atoms with E-state index in [-0.39, 0.29) is 17.6 Å². The van der Waals surface area contributed by atoms with Crippen LogP contribution in [0.4, 0.5) is 15.8 Å². The Labute approximate surface area is 125 Å². The number of hydrogen-bond donors (Lipinski definition) is 2. The number of carbonyl (C=O) groups is 1. The van der Waals surface area contributed by atoms with Gasteiger partial charge in [0, 0.05) is 11.7 Å². The molecule has 0 heterocycles. The van der Waals surface area contributed by atoms with Gasteiger partial charge in [0.2, 0.25) is 5.91 Å². The van der Waals surface area contributed by atoms with Crippen molar-refractivity contribution in [2.24, 2.45) is 0 Å². The summed E-state index contributed by atoms with van der Waals surface area (Å²) in [5.41, 5.74) is 6.22. The maximum Gasteiger partial charge on any atom is 0.241 e. The predicted octanol–water partition coefficient (Wildman–Crippen LogP) is 3.00. The molecule has 1 aromatic rings. The van der Waals surface area contributed by atoms with Crippen LogP contribution in [0.5, 0.6) is 0 Å². The minimum absolute atomic E-state index is 0.148. The van der Waals surface area contributed by atoms with Crippen molar-refractivity contribution in [3.05, 3.63) is 24.0 Å². The second-order valence-corrected chi connectivity index (χ2v) is 5.67. The SMILES string of the molecule is CCN(C1CCCC1)C(C)C(=O)Nc1cc(N)ccc1F. The summed E-state index contributed by atoms with van der Waals surface area (Å²) in [5.74, 6) is -0.651. The molecule has 1 unspecified atom stereocenters. The van der Waals surface area contributed by atoms with Crippen molar-refractivity contribution < 1.29 is 9.18 Å². The van der Waals surface area contributed by atoms with E-state index in [1.165, 1.54) is 31.0 Å². The molecule has 0 spiro atoms. The highest BCUT2D eigenvalue weighted by Gasteiger charge is 2.29. The second-order valence-electron chi connectivity index (χ2n) is 5.67. The summed E-state index contributed by atoms with van der Waals surface area (Å²) < 4.78 is 13.7. The number of hydrogen-bond acceptors (Lipinski definition) is 3. The van der Waals surface area contributed by atoms with Crippen molar-refractivity contribution in [2.45, 2.75) is 51.6 Å². The van der Waals surface area contributed by atoms with Crippen LogP contribution in [0, 0.1) is 5.82 Å². The standard InChI is InChI=1S/C16H24FN3O/c1-3-20(13-6-4-5-7-13)11(2)16(21)19-15-10-12(18)8-9-14(15)17/h8-11,13H,3-7,18H2,1-2H3,(H,19,21). The Kier molecular flexibility index (Phi) is 5.17. The third-order valence-corrected chi connectivity index (χ3v) is 4.28. The molecule has 0 saturated heterocycles. The zero-order valence-corrected chi connectivity index (χ0v) is 12.7. The van der Waals surface area contributed by atoms with E-state index in [2.05, 4.69) is 17.1 Å². The van der Waals surface area contributed by atoms with E-state index in [1.54, 1.807) is 0 Å². The van der Waals surface area contributed by atoms with Crippen LogP contribution in [0.1, 0.15) is 39.5 Å². The first-order valence-electron chi connectivity index (χ1n) is 7.64. The molecule has 1 aliphatic carbocycles. The van der Waals surface area contributed by atoms with Crippen LogP contribution in [0.25, 0.3) is 0 Å². The highest BCUT2D eigenvalue weighted by Crippen LogP contribution is 2.25. The number of halogens is 1. The molecular formula is C16H24FN3O. The van der Waals surface area contributed by atoms with Crippen LogP contribution in [0.15, 0.2) is 18.2 Å². The number of amides is 1. The topological polar surface area (TPSA) is 58.4 Å². The molecule has 1 atom stereocenters. The second kappa shape index (κ2) is 6.89. The molecule has 0 radical (unpaired) electrons. The predicted molar refractivity (Wildman–Crippen MR) is 83.5 cm³/mol. The van der Waals surface area contributed by atoms with E-state index in [4.69, 9.17) is 5.73 Å². The van der Waals surface area contributed by atoms with Crippen molar-refractivity contribution in [2.75, 3.05) is 17.6 Å². The van der Waals surface area contributed by atoms with Gasteiger partial charge in [-0.05, 0) is 44.5 Å². The number of rotatable bonds is 5. The molecule has 1 aliphatic rings. The van der Waals surface area contributed by atoms with Gasteiger partial charge < -0.3 is 11.1 Å². The lowest BCUT2D eigenvalue weighted by Crippen LogP contribution is -2.46. The molecular weight excluding hydrogens is 269 g/mol. The fraction of sp³-hybridized carbons (Fsp3) is 0.562. The maximum absolute atomic E-state index is 13.7. The summed E-state index contributed by atoms with van der Waals surface area (Å²) >= 11 is 0. The molecule has 1 fully saturated rings. The van der Waals surface area contributed by atoms with Crippen molar-refractivity contribution in [1.29, 1.82) is 0 Å². The fourth-order valence-electron chi connectivity index (χ4n) is 3.11. The van der Waals surface area contributed by atoms with Crippen molar-refractivity contribution >= 4 is 17.3 Å². The van der Waals surface area contributed by atoms with Gasteiger partial charge in [0.05, 0.1) is 11.7 Å². The Bertz CT molecular complexity index is 500. The molecule has 116 valence electrons. The molecule has 3 N–H and O–H groups in total. The van der Waals surface area contributed by atoms with Gasteiger partial charge in [-0.2, -0.15) is 0 Å². The lowest BCUT2D eigenvalue weighted by molar-refractivity contribution is -0.121. The number of benzene rings is 1. The smallest absolute Gasteiger partial charge is 0.241 e. The molecule has 0 aromatic heterocycles. The van der Waals surface area contributed by atoms with Crippen molar-refractivity contribution in [3.63, 3.8) is 0 Å². The van der Waals surface area contributed by atoms with Gasteiger partial charge >= 0.3 is 0 Å². The summed E-state index contributed by atoms with van der Waals surface area (Å²) in [6.07, 6.45) is 4.72. The molecule has 1 amide bonds. The van der Waals surface area contributed by atoms with Crippen molar-refractivity contribution in [1.82, 2.24) is 4.90 Å². The molecule has 4 nitrogen and oxygen atoms in total. The highest BCUT2D eigenvalue weighted by molar-refractivity contribution is 5.95. The maximum atomic E-state index is 13.7. The number of likely N-dealkylation sites (N-methyl/N-ethyl adjacent to an activating group) is 1. The monoisotopic (exact) mass is 293 g/mol. The molecule has 2 rings (SSSR count). The van der Waals surface area contributed by atoms with Crippen LogP contribution in [-0.2, 0) is 4.79 Å². The minimum Gasteiger partial charge on any atom is -0.399 e. The van der Waals surface area contributed by atoms with Gasteiger partial charge in [0.25, 0.3) is 0 Å². The first-order chi connectivity index (χ1) is 10.0. The molecule has 5 heteroatoms. The summed E-state index contributed by atoms with van der Waals surface area (Å²) in [6.45, 7) is 4.75. The van der Waals surface area contributed by atoms with Gasteiger partial charge in [0.1, 0.15) is 5.82 Å². The van der Waals surface area contributed by atoms with Crippen LogP contribution in [0.2, 0.25) is 0 Å². The zero-order valence-electron chi connectivity index (χ0n) is 12.7. The molecule has 1 saturated carbocycles. The molecule has 21 heavy (non-hydrogen) atoms. The van der Waals surface area contributed by atoms with E-state index in [9.17, 15) is 9.18 Å². The van der Waals surface area contributed by atoms with Gasteiger partial charge in [-0.3, -0.25) is 9.69 Å². The molecule has 1 aromatic carbocycles. The zero-order chi connectivity index (χ0) is 15.4. The van der Waals surface area contributed by atoms with E-state index in [0.29, 0.717) is 11.7 Å². The summed E-state index contributed by atoms with van der Waals surface area (Å²) in [7, 11) is 0. The van der Waals surface area contributed by atoms with Gasteiger partial charge in [-0.1, -0.05) is 19.8 Å². The number of nitrogens with two attached hydrogens (primary N) is 1. The van der Waals surface area contributed by atoms with E-state index in [0.717, 1.165) is 19.4 Å². The van der Waals surface area contributed by atoms with E-state index < -0.39 is 5.82 Å². The third kappa shape index (κ3) is 3.73. The Hall–Kier alpha value is -1.62. The lowest BCUT2D eigenvalue weighted by atomic mass is 10.1. The highest BCUT2D eigenvalue weighted by atomic mass is 19.1. The Balaban J connectivity index is 2.05.